The van der Waals surface area contributed by atoms with Gasteiger partial charge in [-0.15, -0.1) is 0 Å². The van der Waals surface area contributed by atoms with Crippen LogP contribution in [0.4, 0.5) is 0 Å². The van der Waals surface area contributed by atoms with E-state index < -0.39 is 6.10 Å². The zero-order valence-electron chi connectivity index (χ0n) is 14.2. The molecule has 0 aliphatic carbocycles. The Hall–Kier alpha value is -1.55. The highest BCUT2D eigenvalue weighted by Gasteiger charge is 2.29. The average molecular weight is 304 g/mol. The molecule has 122 valence electrons. The molecule has 22 heavy (non-hydrogen) atoms. The smallest absolute Gasteiger partial charge is 0.263 e. The van der Waals surface area contributed by atoms with Crippen LogP contribution in [0.25, 0.3) is 0 Å². The number of rotatable bonds is 5. The molecule has 1 saturated heterocycles. The maximum atomic E-state index is 12.5. The molecule has 0 aromatic heterocycles. The number of nitrogens with zero attached hydrogens (tertiary/aromatic N) is 2. The van der Waals surface area contributed by atoms with Gasteiger partial charge in [0.2, 0.25) is 0 Å². The molecular formula is C18H28N2O2. The fraction of sp³-hybridized carbons (Fsp3) is 0.611. The van der Waals surface area contributed by atoms with Crippen molar-refractivity contribution in [1.82, 2.24) is 9.80 Å². The van der Waals surface area contributed by atoms with Crippen LogP contribution in [0, 0.1) is 0 Å². The van der Waals surface area contributed by atoms with Gasteiger partial charge in [-0.05, 0) is 45.7 Å². The van der Waals surface area contributed by atoms with Crippen molar-refractivity contribution in [2.24, 2.45) is 0 Å². The van der Waals surface area contributed by atoms with Crippen LogP contribution in [-0.4, -0.2) is 54.0 Å². The van der Waals surface area contributed by atoms with Crippen molar-refractivity contribution in [2.75, 3.05) is 20.1 Å². The van der Waals surface area contributed by atoms with Crippen LogP contribution in [0.1, 0.15) is 33.6 Å². The van der Waals surface area contributed by atoms with Crippen molar-refractivity contribution in [1.29, 1.82) is 0 Å². The summed E-state index contributed by atoms with van der Waals surface area (Å²) in [6.45, 7) is 8.41. The van der Waals surface area contributed by atoms with Crippen LogP contribution in [0.5, 0.6) is 5.75 Å². The van der Waals surface area contributed by atoms with Gasteiger partial charge in [-0.2, -0.15) is 0 Å². The summed E-state index contributed by atoms with van der Waals surface area (Å²) in [5.41, 5.74) is 0. The van der Waals surface area contributed by atoms with Crippen molar-refractivity contribution in [3.8, 4) is 5.75 Å². The lowest BCUT2D eigenvalue weighted by Crippen LogP contribution is -2.50. The van der Waals surface area contributed by atoms with E-state index >= 15 is 0 Å². The highest BCUT2D eigenvalue weighted by Crippen LogP contribution is 2.19. The minimum absolute atomic E-state index is 0.0619. The molecule has 1 aromatic carbocycles. The Morgan fingerprint density at radius 3 is 2.32 bits per heavy atom. The maximum Gasteiger partial charge on any atom is 0.263 e. The van der Waals surface area contributed by atoms with E-state index in [1.54, 1.807) is 0 Å². The summed E-state index contributed by atoms with van der Waals surface area (Å²) >= 11 is 0. The summed E-state index contributed by atoms with van der Waals surface area (Å²) in [5.74, 6) is 0.804. The van der Waals surface area contributed by atoms with Crippen LogP contribution >= 0.6 is 0 Å². The number of amides is 1. The van der Waals surface area contributed by atoms with E-state index in [2.05, 4.69) is 18.7 Å². The Labute approximate surface area is 134 Å². The van der Waals surface area contributed by atoms with Gasteiger partial charge in [0, 0.05) is 32.2 Å². The number of likely N-dealkylation sites (N-methyl/N-ethyl adjacent to an activating group) is 1. The molecule has 1 aliphatic heterocycles. The van der Waals surface area contributed by atoms with E-state index in [1.807, 2.05) is 49.2 Å². The van der Waals surface area contributed by atoms with E-state index in [-0.39, 0.29) is 5.91 Å². The average Bonchev–Trinajstić information content (AvgIpc) is 2.54. The predicted molar refractivity (Wildman–Crippen MR) is 89.0 cm³/mol. The second-order valence-electron chi connectivity index (χ2n) is 6.38. The second-order valence-corrected chi connectivity index (χ2v) is 6.38. The first kappa shape index (κ1) is 16.8. The molecule has 1 amide bonds. The molecule has 0 radical (unpaired) electrons. The predicted octanol–water partition coefficient (Wildman–Crippen LogP) is 2.79. The topological polar surface area (TPSA) is 32.8 Å². The normalized spacial score (nSPS) is 18.2. The van der Waals surface area contributed by atoms with Crippen LogP contribution < -0.4 is 4.74 Å². The van der Waals surface area contributed by atoms with E-state index in [0.29, 0.717) is 12.1 Å². The summed E-state index contributed by atoms with van der Waals surface area (Å²) < 4.78 is 5.75. The number of piperidine rings is 1. The summed E-state index contributed by atoms with van der Waals surface area (Å²) in [6.07, 6.45) is 1.63. The minimum Gasteiger partial charge on any atom is -0.481 e. The summed E-state index contributed by atoms with van der Waals surface area (Å²) in [5, 5.41) is 0. The molecule has 0 bridgehead atoms. The number of ether oxygens (including phenoxy) is 1. The number of benzene rings is 1. The summed E-state index contributed by atoms with van der Waals surface area (Å²) in [7, 11) is 1.91. The van der Waals surface area contributed by atoms with Gasteiger partial charge in [0.05, 0.1) is 0 Å². The first-order valence-corrected chi connectivity index (χ1v) is 8.21. The second kappa shape index (κ2) is 7.63. The number of likely N-dealkylation sites (tertiary alicyclic amines) is 1. The molecule has 4 heteroatoms. The van der Waals surface area contributed by atoms with E-state index in [0.717, 1.165) is 31.7 Å². The molecule has 1 fully saturated rings. The molecule has 4 nitrogen and oxygen atoms in total. The molecule has 1 aliphatic rings. The van der Waals surface area contributed by atoms with Crippen molar-refractivity contribution in [3.05, 3.63) is 30.3 Å². The van der Waals surface area contributed by atoms with Crippen LogP contribution in [0.15, 0.2) is 30.3 Å². The lowest BCUT2D eigenvalue weighted by atomic mass is 10.0. The maximum absolute atomic E-state index is 12.5. The molecular weight excluding hydrogens is 276 g/mol. The fourth-order valence-corrected chi connectivity index (χ4v) is 3.01. The van der Waals surface area contributed by atoms with E-state index in [1.165, 1.54) is 0 Å². The number of para-hydroxylation sites is 1. The first-order valence-electron chi connectivity index (χ1n) is 8.21. The van der Waals surface area contributed by atoms with Crippen molar-refractivity contribution < 1.29 is 9.53 Å². The zero-order valence-corrected chi connectivity index (χ0v) is 14.2. The van der Waals surface area contributed by atoms with E-state index in [9.17, 15) is 4.79 Å². The van der Waals surface area contributed by atoms with Gasteiger partial charge in [0.1, 0.15) is 5.75 Å². The van der Waals surface area contributed by atoms with Crippen LogP contribution in [0.3, 0.4) is 0 Å². The van der Waals surface area contributed by atoms with Crippen molar-refractivity contribution in [3.63, 3.8) is 0 Å². The standard InChI is InChI=1S/C18H28N2O2/c1-14(2)20-12-10-16(11-13-20)19(4)18(21)15(3)22-17-8-6-5-7-9-17/h5-9,14-16H,10-13H2,1-4H3. The summed E-state index contributed by atoms with van der Waals surface area (Å²) in [4.78, 5) is 16.9. The van der Waals surface area contributed by atoms with E-state index in [4.69, 9.17) is 4.74 Å². The highest BCUT2D eigenvalue weighted by atomic mass is 16.5. The largest absolute Gasteiger partial charge is 0.481 e. The lowest BCUT2D eigenvalue weighted by molar-refractivity contribution is -0.139. The highest BCUT2D eigenvalue weighted by molar-refractivity contribution is 5.81. The SMILES string of the molecule is CC(Oc1ccccc1)C(=O)N(C)C1CCN(C(C)C)CC1. The third-order valence-corrected chi connectivity index (χ3v) is 4.53. The van der Waals surface area contributed by atoms with Gasteiger partial charge < -0.3 is 14.5 Å². The third kappa shape index (κ3) is 4.23. The van der Waals surface area contributed by atoms with Gasteiger partial charge in [0.15, 0.2) is 6.10 Å². The van der Waals surface area contributed by atoms with Gasteiger partial charge in [-0.3, -0.25) is 4.79 Å². The molecule has 1 atom stereocenters. The van der Waals surface area contributed by atoms with Crippen molar-refractivity contribution in [2.45, 2.75) is 51.8 Å². The number of hydrogen-bond acceptors (Lipinski definition) is 3. The lowest BCUT2D eigenvalue weighted by Gasteiger charge is -2.39. The van der Waals surface area contributed by atoms with Crippen molar-refractivity contribution >= 4 is 5.91 Å². The fourth-order valence-electron chi connectivity index (χ4n) is 3.01. The monoisotopic (exact) mass is 304 g/mol. The number of carbonyl (C=O) groups is 1. The minimum atomic E-state index is -0.449. The van der Waals surface area contributed by atoms with Crippen LogP contribution in [0.2, 0.25) is 0 Å². The molecule has 0 N–H and O–H groups in total. The first-order chi connectivity index (χ1) is 10.5. The Balaban J connectivity index is 1.86. The molecule has 0 spiro atoms. The Morgan fingerprint density at radius 2 is 1.77 bits per heavy atom. The van der Waals surface area contributed by atoms with Gasteiger partial charge in [-0.1, -0.05) is 18.2 Å². The third-order valence-electron chi connectivity index (χ3n) is 4.53. The quantitative estimate of drug-likeness (QED) is 0.838. The zero-order chi connectivity index (χ0) is 16.1. The van der Waals surface area contributed by atoms with Gasteiger partial charge in [-0.25, -0.2) is 0 Å². The molecule has 0 saturated carbocycles. The number of hydrogen-bond donors (Lipinski definition) is 0. The molecule has 1 aromatic rings. The molecule has 1 heterocycles. The van der Waals surface area contributed by atoms with Gasteiger partial charge >= 0.3 is 0 Å². The molecule has 2 rings (SSSR count). The Morgan fingerprint density at radius 1 is 1.18 bits per heavy atom. The summed E-state index contributed by atoms with van der Waals surface area (Å²) in [6, 6.07) is 10.4. The Kier molecular flexibility index (Phi) is 5.83. The van der Waals surface area contributed by atoms with Gasteiger partial charge in [0.25, 0.3) is 5.91 Å². The Bertz CT molecular complexity index is 467. The number of carbonyl (C=O) groups excluding carboxylic acids is 1. The van der Waals surface area contributed by atoms with Crippen LogP contribution in [-0.2, 0) is 4.79 Å². The molecule has 1 unspecified atom stereocenters.